The molecule has 5 aromatic carbocycles. The summed E-state index contributed by atoms with van der Waals surface area (Å²) < 4.78 is 4.39. The number of rotatable bonds is 3. The van der Waals surface area contributed by atoms with Crippen LogP contribution < -0.4 is 0 Å². The number of aromatic nitrogens is 2. The van der Waals surface area contributed by atoms with E-state index in [1.165, 1.54) is 6.21 Å². The highest BCUT2D eigenvalue weighted by Crippen LogP contribution is 2.37. The zero-order valence-corrected chi connectivity index (χ0v) is 19.3. The summed E-state index contributed by atoms with van der Waals surface area (Å²) >= 11 is 0. The fourth-order valence-corrected chi connectivity index (χ4v) is 5.54. The van der Waals surface area contributed by atoms with Crippen LogP contribution in [0.3, 0.4) is 0 Å². The Balaban J connectivity index is 1.65. The summed E-state index contributed by atoms with van der Waals surface area (Å²) in [4.78, 5) is 0. The quantitative estimate of drug-likeness (QED) is 0.269. The molecule has 4 heteroatoms. The van der Waals surface area contributed by atoms with Crippen molar-refractivity contribution in [2.24, 2.45) is 0 Å². The first-order valence-electron chi connectivity index (χ1n) is 11.9. The van der Waals surface area contributed by atoms with Crippen molar-refractivity contribution in [2.45, 2.75) is 0 Å². The lowest BCUT2D eigenvalue weighted by Crippen LogP contribution is -2.05. The number of nitrogens with one attached hydrogen (secondary N) is 1. The molecular formula is C32H20N4. The third kappa shape index (κ3) is 2.71. The molecule has 0 unspecified atom stereocenters. The zero-order chi connectivity index (χ0) is 24.2. The number of fused-ring (bicyclic) bond motifs is 6. The summed E-state index contributed by atoms with van der Waals surface area (Å²) in [7, 11) is 0. The summed E-state index contributed by atoms with van der Waals surface area (Å²) in [5, 5.41) is 23.0. The minimum Gasteiger partial charge on any atom is -0.309 e. The van der Waals surface area contributed by atoms with E-state index in [1.54, 1.807) is 0 Å². The van der Waals surface area contributed by atoms with E-state index in [9.17, 15) is 5.26 Å². The van der Waals surface area contributed by atoms with Gasteiger partial charge in [-0.25, -0.2) is 0 Å². The fourth-order valence-electron chi connectivity index (χ4n) is 5.54. The molecule has 7 aromatic rings. The number of hydrogen-bond acceptors (Lipinski definition) is 2. The molecule has 1 N–H and O–H groups in total. The molecule has 0 saturated carbocycles. The van der Waals surface area contributed by atoms with Crippen molar-refractivity contribution >= 4 is 49.8 Å². The van der Waals surface area contributed by atoms with Crippen molar-refractivity contribution in [1.82, 2.24) is 9.13 Å². The Morgan fingerprint density at radius 1 is 0.556 bits per heavy atom. The standard InChI is InChI=1S/C32H20N4/c33-19-21-17-22(20-34)32(36-29-15-7-3-11-25(29)26-12-4-8-16-30(26)36)18-31(21)35-27-13-5-1-9-23(27)24-10-2-6-14-28(24)35/h1-19,33H. The van der Waals surface area contributed by atoms with Crippen molar-refractivity contribution in [3.05, 3.63) is 120 Å². The molecule has 0 aliphatic rings. The highest BCUT2D eigenvalue weighted by atomic mass is 15.0. The second-order valence-corrected chi connectivity index (χ2v) is 8.92. The van der Waals surface area contributed by atoms with Crippen molar-refractivity contribution in [2.75, 3.05) is 0 Å². The number of nitriles is 1. The van der Waals surface area contributed by atoms with Gasteiger partial charge in [-0.1, -0.05) is 72.8 Å². The predicted octanol–water partition coefficient (Wildman–Crippen LogP) is 7.75. The summed E-state index contributed by atoms with van der Waals surface area (Å²) in [6.45, 7) is 0. The third-order valence-corrected chi connectivity index (χ3v) is 7.06. The molecule has 4 nitrogen and oxygen atoms in total. The predicted molar refractivity (Wildman–Crippen MR) is 148 cm³/mol. The molecule has 168 valence electrons. The first-order valence-corrected chi connectivity index (χ1v) is 11.9. The Labute approximate surface area is 207 Å². The molecule has 0 aliphatic carbocycles. The second-order valence-electron chi connectivity index (χ2n) is 8.92. The molecule has 2 heterocycles. The Morgan fingerprint density at radius 2 is 0.944 bits per heavy atom. The second kappa shape index (κ2) is 7.69. The lowest BCUT2D eigenvalue weighted by atomic mass is 10.1. The Hall–Kier alpha value is -5.14. The Kier molecular flexibility index (Phi) is 4.33. The number of hydrogen-bond donors (Lipinski definition) is 1. The topological polar surface area (TPSA) is 57.5 Å². The minimum absolute atomic E-state index is 0.532. The number of benzene rings is 5. The van der Waals surface area contributed by atoms with E-state index in [0.717, 1.165) is 55.0 Å². The molecule has 2 aromatic heterocycles. The first-order chi connectivity index (χ1) is 17.8. The Bertz CT molecular complexity index is 1920. The van der Waals surface area contributed by atoms with Crippen LogP contribution in [0.5, 0.6) is 0 Å². The van der Waals surface area contributed by atoms with E-state index in [2.05, 4.69) is 81.9 Å². The lowest BCUT2D eigenvalue weighted by molar-refractivity contribution is 1.12. The van der Waals surface area contributed by atoms with Crippen LogP contribution in [0, 0.1) is 16.7 Å². The highest BCUT2D eigenvalue weighted by molar-refractivity contribution is 6.11. The van der Waals surface area contributed by atoms with Crippen LogP contribution in [0.2, 0.25) is 0 Å². The van der Waals surface area contributed by atoms with Crippen LogP contribution in [0.1, 0.15) is 11.1 Å². The van der Waals surface area contributed by atoms with Gasteiger partial charge in [-0.3, -0.25) is 0 Å². The van der Waals surface area contributed by atoms with E-state index in [4.69, 9.17) is 5.41 Å². The third-order valence-electron chi connectivity index (χ3n) is 7.06. The molecule has 0 spiro atoms. The zero-order valence-electron chi connectivity index (χ0n) is 19.3. The van der Waals surface area contributed by atoms with E-state index < -0.39 is 0 Å². The molecule has 0 fully saturated rings. The van der Waals surface area contributed by atoms with E-state index in [1.807, 2.05) is 42.5 Å². The summed E-state index contributed by atoms with van der Waals surface area (Å²) in [6.07, 6.45) is 1.34. The maximum absolute atomic E-state index is 10.2. The molecule has 36 heavy (non-hydrogen) atoms. The maximum atomic E-state index is 10.2. The van der Waals surface area contributed by atoms with Crippen LogP contribution in [-0.2, 0) is 0 Å². The van der Waals surface area contributed by atoms with Gasteiger partial charge in [-0.05, 0) is 36.4 Å². The normalized spacial score (nSPS) is 11.4. The van der Waals surface area contributed by atoms with E-state index in [-0.39, 0.29) is 0 Å². The molecule has 7 rings (SSSR count). The van der Waals surface area contributed by atoms with Crippen LogP contribution in [0.25, 0.3) is 55.0 Å². The van der Waals surface area contributed by atoms with Crippen molar-refractivity contribution in [3.63, 3.8) is 0 Å². The molecule has 0 amide bonds. The molecule has 0 radical (unpaired) electrons. The van der Waals surface area contributed by atoms with Gasteiger partial charge in [0.2, 0.25) is 0 Å². The average Bonchev–Trinajstić information content (AvgIpc) is 3.45. The first kappa shape index (κ1) is 20.3. The average molecular weight is 461 g/mol. The van der Waals surface area contributed by atoms with E-state index >= 15 is 0 Å². The van der Waals surface area contributed by atoms with Gasteiger partial charge >= 0.3 is 0 Å². The van der Waals surface area contributed by atoms with Crippen LogP contribution in [0.15, 0.2) is 109 Å². The van der Waals surface area contributed by atoms with Gasteiger partial charge in [0.25, 0.3) is 0 Å². The number of para-hydroxylation sites is 4. The van der Waals surface area contributed by atoms with Gasteiger partial charge in [0.15, 0.2) is 0 Å². The van der Waals surface area contributed by atoms with Crippen molar-refractivity contribution in [1.29, 1.82) is 10.7 Å². The minimum atomic E-state index is 0.532. The molecule has 0 saturated heterocycles. The highest BCUT2D eigenvalue weighted by Gasteiger charge is 2.19. The van der Waals surface area contributed by atoms with Gasteiger partial charge in [0.1, 0.15) is 6.07 Å². The number of nitrogens with zero attached hydrogens (tertiary/aromatic N) is 3. The molecular weight excluding hydrogens is 440 g/mol. The van der Waals surface area contributed by atoms with Crippen LogP contribution >= 0.6 is 0 Å². The fraction of sp³-hybridized carbons (Fsp3) is 0. The van der Waals surface area contributed by atoms with Crippen LogP contribution in [0.4, 0.5) is 0 Å². The van der Waals surface area contributed by atoms with E-state index in [0.29, 0.717) is 11.1 Å². The van der Waals surface area contributed by atoms with Gasteiger partial charge < -0.3 is 14.5 Å². The molecule has 0 aliphatic heterocycles. The van der Waals surface area contributed by atoms with Gasteiger partial charge in [0.05, 0.1) is 39.0 Å². The maximum Gasteiger partial charge on any atom is 0.101 e. The summed E-state index contributed by atoms with van der Waals surface area (Å²) in [5.74, 6) is 0. The smallest absolute Gasteiger partial charge is 0.101 e. The summed E-state index contributed by atoms with van der Waals surface area (Å²) in [6, 6.07) is 39.6. The molecule has 0 atom stereocenters. The molecule has 0 bridgehead atoms. The van der Waals surface area contributed by atoms with Crippen molar-refractivity contribution < 1.29 is 0 Å². The van der Waals surface area contributed by atoms with Gasteiger partial charge in [0, 0.05) is 33.3 Å². The van der Waals surface area contributed by atoms with Crippen LogP contribution in [-0.4, -0.2) is 15.3 Å². The van der Waals surface area contributed by atoms with Gasteiger partial charge in [-0.2, -0.15) is 5.26 Å². The Morgan fingerprint density at radius 3 is 1.33 bits per heavy atom. The lowest BCUT2D eigenvalue weighted by Gasteiger charge is -2.16. The summed E-state index contributed by atoms with van der Waals surface area (Å²) in [5.41, 5.74) is 7.14. The van der Waals surface area contributed by atoms with Crippen molar-refractivity contribution in [3.8, 4) is 17.4 Å². The SMILES string of the molecule is N#Cc1cc(C=N)c(-n2c3ccccc3c3ccccc32)cc1-n1c2ccccc2c2ccccc21. The monoisotopic (exact) mass is 460 g/mol. The van der Waals surface area contributed by atoms with Gasteiger partial charge in [-0.15, -0.1) is 0 Å². The largest absolute Gasteiger partial charge is 0.309 e.